The molecule has 0 aromatic carbocycles. The molecule has 5 heteroatoms. The Labute approximate surface area is 91.6 Å². The summed E-state index contributed by atoms with van der Waals surface area (Å²) in [4.78, 5) is 18.8. The van der Waals surface area contributed by atoms with Gasteiger partial charge in [-0.1, -0.05) is 0 Å². The van der Waals surface area contributed by atoms with E-state index in [1.54, 1.807) is 12.1 Å². The van der Waals surface area contributed by atoms with Gasteiger partial charge in [-0.15, -0.1) is 0 Å². The van der Waals surface area contributed by atoms with Crippen LogP contribution in [0.5, 0.6) is 0 Å². The van der Waals surface area contributed by atoms with Crippen LogP contribution in [0.4, 0.5) is 5.82 Å². The molecule has 2 aromatic heterocycles. The van der Waals surface area contributed by atoms with Gasteiger partial charge in [-0.3, -0.25) is 4.98 Å². The number of hydrogen-bond acceptors (Lipinski definition) is 4. The lowest BCUT2D eigenvalue weighted by Crippen LogP contribution is -2.00. The van der Waals surface area contributed by atoms with Crippen LogP contribution in [0.25, 0.3) is 11.1 Å². The Bertz CT molecular complexity index is 523. The van der Waals surface area contributed by atoms with E-state index in [0.29, 0.717) is 16.9 Å². The van der Waals surface area contributed by atoms with Gasteiger partial charge in [0.05, 0.1) is 5.56 Å². The van der Waals surface area contributed by atoms with Crippen molar-refractivity contribution in [2.24, 2.45) is 0 Å². The van der Waals surface area contributed by atoms with E-state index in [4.69, 9.17) is 10.8 Å². The molecule has 0 unspecified atom stereocenters. The van der Waals surface area contributed by atoms with E-state index >= 15 is 0 Å². The maximum absolute atomic E-state index is 11.0. The average Bonchev–Trinajstić information content (AvgIpc) is 2.30. The van der Waals surface area contributed by atoms with Crippen molar-refractivity contribution < 1.29 is 9.90 Å². The van der Waals surface area contributed by atoms with Crippen LogP contribution in [0.15, 0.2) is 36.8 Å². The van der Waals surface area contributed by atoms with E-state index in [-0.39, 0.29) is 5.56 Å². The molecule has 0 radical (unpaired) electrons. The van der Waals surface area contributed by atoms with Gasteiger partial charge < -0.3 is 10.8 Å². The van der Waals surface area contributed by atoms with Gasteiger partial charge in [0.25, 0.3) is 0 Å². The van der Waals surface area contributed by atoms with Crippen molar-refractivity contribution in [3.05, 3.63) is 42.4 Å². The van der Waals surface area contributed by atoms with Gasteiger partial charge in [0.1, 0.15) is 5.82 Å². The molecule has 0 atom stereocenters. The van der Waals surface area contributed by atoms with E-state index < -0.39 is 5.97 Å². The number of hydrogen-bond donors (Lipinski definition) is 2. The summed E-state index contributed by atoms with van der Waals surface area (Å²) in [5.41, 5.74) is 6.87. The number of carbonyl (C=O) groups is 1. The number of nitrogen functional groups attached to an aromatic ring is 1. The van der Waals surface area contributed by atoms with Crippen LogP contribution < -0.4 is 5.73 Å². The average molecular weight is 215 g/mol. The number of rotatable bonds is 2. The maximum atomic E-state index is 11.0. The number of anilines is 1. The molecule has 2 heterocycles. The molecule has 0 saturated carbocycles. The van der Waals surface area contributed by atoms with E-state index in [1.165, 1.54) is 24.7 Å². The fourth-order valence-corrected chi connectivity index (χ4v) is 1.38. The topological polar surface area (TPSA) is 89.1 Å². The smallest absolute Gasteiger partial charge is 0.336 e. The third-order valence-corrected chi connectivity index (χ3v) is 2.15. The summed E-state index contributed by atoms with van der Waals surface area (Å²) in [6.07, 6.45) is 4.47. The highest BCUT2D eigenvalue weighted by atomic mass is 16.4. The number of carboxylic acid groups (broad SMARTS) is 1. The molecule has 0 amide bonds. The molecule has 2 rings (SSSR count). The molecule has 80 valence electrons. The molecule has 0 spiro atoms. The summed E-state index contributed by atoms with van der Waals surface area (Å²) < 4.78 is 0. The lowest BCUT2D eigenvalue weighted by atomic mass is 10.0. The van der Waals surface area contributed by atoms with Gasteiger partial charge in [0.2, 0.25) is 0 Å². The molecule has 0 aliphatic rings. The molecule has 0 fully saturated rings. The minimum Gasteiger partial charge on any atom is -0.478 e. The third-order valence-electron chi connectivity index (χ3n) is 2.15. The van der Waals surface area contributed by atoms with Gasteiger partial charge in [0.15, 0.2) is 0 Å². The normalized spacial score (nSPS) is 10.0. The Morgan fingerprint density at radius 1 is 1.25 bits per heavy atom. The summed E-state index contributed by atoms with van der Waals surface area (Å²) in [6, 6.07) is 4.79. The molecule has 0 aliphatic heterocycles. The first-order valence-electron chi connectivity index (χ1n) is 4.57. The van der Waals surface area contributed by atoms with Crippen molar-refractivity contribution in [2.75, 3.05) is 5.73 Å². The second kappa shape index (κ2) is 3.98. The van der Waals surface area contributed by atoms with Gasteiger partial charge in [-0.25, -0.2) is 9.78 Å². The van der Waals surface area contributed by atoms with Crippen LogP contribution in [0.1, 0.15) is 10.4 Å². The highest BCUT2D eigenvalue weighted by Gasteiger charge is 2.11. The fraction of sp³-hybridized carbons (Fsp3) is 0. The van der Waals surface area contributed by atoms with E-state index in [9.17, 15) is 4.79 Å². The molecular weight excluding hydrogens is 206 g/mol. The maximum Gasteiger partial charge on any atom is 0.336 e. The number of aromatic carboxylic acids is 1. The van der Waals surface area contributed by atoms with Crippen molar-refractivity contribution in [3.8, 4) is 11.1 Å². The first-order valence-corrected chi connectivity index (χ1v) is 4.57. The minimum absolute atomic E-state index is 0.196. The van der Waals surface area contributed by atoms with Crippen molar-refractivity contribution >= 4 is 11.8 Å². The predicted molar refractivity (Wildman–Crippen MR) is 58.8 cm³/mol. The summed E-state index contributed by atoms with van der Waals surface area (Å²) >= 11 is 0. The quantitative estimate of drug-likeness (QED) is 0.790. The highest BCUT2D eigenvalue weighted by Crippen LogP contribution is 2.22. The molecule has 0 bridgehead atoms. The number of nitrogens with two attached hydrogens (primary N) is 1. The summed E-state index contributed by atoms with van der Waals surface area (Å²) in [5, 5.41) is 9.01. The molecule has 0 saturated heterocycles. The number of carboxylic acids is 1. The molecule has 0 aliphatic carbocycles. The predicted octanol–water partition coefficient (Wildman–Crippen LogP) is 1.42. The molecule has 2 aromatic rings. The Morgan fingerprint density at radius 2 is 2.06 bits per heavy atom. The minimum atomic E-state index is -0.991. The molecule has 16 heavy (non-hydrogen) atoms. The number of pyridine rings is 2. The summed E-state index contributed by atoms with van der Waals surface area (Å²) in [6.45, 7) is 0. The number of nitrogens with zero attached hydrogens (tertiary/aromatic N) is 2. The van der Waals surface area contributed by atoms with E-state index in [0.717, 1.165) is 0 Å². The van der Waals surface area contributed by atoms with Crippen LogP contribution in [0, 0.1) is 0 Å². The molecule has 3 N–H and O–H groups in total. The van der Waals surface area contributed by atoms with Crippen LogP contribution in [-0.2, 0) is 0 Å². The van der Waals surface area contributed by atoms with Gasteiger partial charge >= 0.3 is 5.97 Å². The lowest BCUT2D eigenvalue weighted by molar-refractivity contribution is 0.0697. The van der Waals surface area contributed by atoms with Crippen LogP contribution in [0.3, 0.4) is 0 Å². The SMILES string of the molecule is Nc1ccc(-c2cnccc2C(=O)O)cn1. The second-order valence-electron chi connectivity index (χ2n) is 3.20. The van der Waals surface area contributed by atoms with E-state index in [2.05, 4.69) is 9.97 Å². The van der Waals surface area contributed by atoms with Crippen molar-refractivity contribution in [1.82, 2.24) is 9.97 Å². The molecular formula is C11H9N3O2. The summed E-state index contributed by atoms with van der Waals surface area (Å²) in [7, 11) is 0. The first-order chi connectivity index (χ1) is 7.68. The Hall–Kier alpha value is -2.43. The van der Waals surface area contributed by atoms with Crippen molar-refractivity contribution in [2.45, 2.75) is 0 Å². The Morgan fingerprint density at radius 3 is 2.69 bits per heavy atom. The van der Waals surface area contributed by atoms with Crippen molar-refractivity contribution in [3.63, 3.8) is 0 Å². The zero-order valence-electron chi connectivity index (χ0n) is 8.29. The zero-order valence-corrected chi connectivity index (χ0v) is 8.29. The fourth-order valence-electron chi connectivity index (χ4n) is 1.38. The van der Waals surface area contributed by atoms with E-state index in [1.807, 2.05) is 0 Å². The van der Waals surface area contributed by atoms with Gasteiger partial charge in [-0.2, -0.15) is 0 Å². The number of aromatic nitrogens is 2. The summed E-state index contributed by atoms with van der Waals surface area (Å²) in [5.74, 6) is -0.598. The zero-order chi connectivity index (χ0) is 11.5. The van der Waals surface area contributed by atoms with Crippen molar-refractivity contribution in [1.29, 1.82) is 0 Å². The third kappa shape index (κ3) is 1.83. The Kier molecular flexibility index (Phi) is 2.51. The monoisotopic (exact) mass is 215 g/mol. The molecule has 5 nitrogen and oxygen atoms in total. The van der Waals surface area contributed by atoms with Crippen LogP contribution >= 0.6 is 0 Å². The van der Waals surface area contributed by atoms with Crippen LogP contribution in [0.2, 0.25) is 0 Å². The highest BCUT2D eigenvalue weighted by molar-refractivity contribution is 5.95. The largest absolute Gasteiger partial charge is 0.478 e. The first kappa shape index (κ1) is 10.1. The standard InChI is InChI=1S/C11H9N3O2/c12-10-2-1-7(5-14-10)9-6-13-4-3-8(9)11(15)16/h1-6H,(H2,12,14)(H,15,16). The Balaban J connectivity index is 2.55. The second-order valence-corrected chi connectivity index (χ2v) is 3.20. The van der Waals surface area contributed by atoms with Gasteiger partial charge in [-0.05, 0) is 18.2 Å². The van der Waals surface area contributed by atoms with Crippen LogP contribution in [-0.4, -0.2) is 21.0 Å². The lowest BCUT2D eigenvalue weighted by Gasteiger charge is -2.04. The van der Waals surface area contributed by atoms with Gasteiger partial charge in [0, 0.05) is 29.7 Å².